The van der Waals surface area contributed by atoms with Crippen LogP contribution in [0.25, 0.3) is 0 Å². The molecule has 0 unspecified atom stereocenters. The van der Waals surface area contributed by atoms with Crippen LogP contribution < -0.4 is 0 Å². The largest absolute Gasteiger partial charge is 0.411 e. The van der Waals surface area contributed by atoms with Gasteiger partial charge in [-0.2, -0.15) is 0 Å². The zero-order valence-electron chi connectivity index (χ0n) is 6.98. The van der Waals surface area contributed by atoms with E-state index in [2.05, 4.69) is 17.3 Å². The quantitative estimate of drug-likeness (QED) is 0.314. The SMILES string of the molecule is O/N=C\CCCc1ccccc1. The Morgan fingerprint density at radius 1 is 1.25 bits per heavy atom. The van der Waals surface area contributed by atoms with Gasteiger partial charge in [-0.05, 0) is 24.8 Å². The Morgan fingerprint density at radius 2 is 2.00 bits per heavy atom. The van der Waals surface area contributed by atoms with E-state index in [9.17, 15) is 0 Å². The minimum atomic E-state index is 0.839. The highest BCUT2D eigenvalue weighted by atomic mass is 16.4. The first-order valence-electron chi connectivity index (χ1n) is 4.13. The summed E-state index contributed by atoms with van der Waals surface area (Å²) in [5, 5.41) is 11.1. The number of oxime groups is 1. The molecule has 2 heteroatoms. The number of hydrogen-bond donors (Lipinski definition) is 1. The first kappa shape index (κ1) is 8.78. The third kappa shape index (κ3) is 3.19. The molecule has 0 heterocycles. The predicted octanol–water partition coefficient (Wildman–Crippen LogP) is 2.47. The van der Waals surface area contributed by atoms with E-state index in [1.807, 2.05) is 18.2 Å². The summed E-state index contributed by atoms with van der Waals surface area (Å²) in [6.45, 7) is 0. The average molecular weight is 163 g/mol. The van der Waals surface area contributed by atoms with Crippen LogP contribution in [0.2, 0.25) is 0 Å². The summed E-state index contributed by atoms with van der Waals surface area (Å²) < 4.78 is 0. The van der Waals surface area contributed by atoms with E-state index < -0.39 is 0 Å². The van der Waals surface area contributed by atoms with Gasteiger partial charge in [-0.25, -0.2) is 0 Å². The van der Waals surface area contributed by atoms with Gasteiger partial charge in [-0.15, -0.1) is 5.16 Å². The first-order chi connectivity index (χ1) is 5.93. The Bertz CT molecular complexity index is 231. The van der Waals surface area contributed by atoms with Gasteiger partial charge in [0.2, 0.25) is 0 Å². The zero-order valence-corrected chi connectivity index (χ0v) is 6.98. The van der Waals surface area contributed by atoms with E-state index in [0.717, 1.165) is 19.3 Å². The van der Waals surface area contributed by atoms with Gasteiger partial charge in [0, 0.05) is 6.21 Å². The lowest BCUT2D eigenvalue weighted by atomic mass is 10.1. The topological polar surface area (TPSA) is 32.6 Å². The molecule has 1 rings (SSSR count). The molecule has 0 aliphatic rings. The van der Waals surface area contributed by atoms with Gasteiger partial charge in [0.1, 0.15) is 0 Å². The molecule has 1 aromatic rings. The minimum Gasteiger partial charge on any atom is -0.411 e. The van der Waals surface area contributed by atoms with Crippen LogP contribution in [-0.4, -0.2) is 11.4 Å². The average Bonchev–Trinajstić information content (AvgIpc) is 2.14. The predicted molar refractivity (Wildman–Crippen MR) is 49.7 cm³/mol. The van der Waals surface area contributed by atoms with Crippen LogP contribution in [0.4, 0.5) is 0 Å². The van der Waals surface area contributed by atoms with E-state index in [1.54, 1.807) is 0 Å². The highest BCUT2D eigenvalue weighted by Crippen LogP contribution is 2.02. The van der Waals surface area contributed by atoms with Crippen molar-refractivity contribution in [3.8, 4) is 0 Å². The summed E-state index contributed by atoms with van der Waals surface area (Å²) in [5.41, 5.74) is 1.34. The molecule has 2 nitrogen and oxygen atoms in total. The lowest BCUT2D eigenvalue weighted by molar-refractivity contribution is 0.320. The molecule has 0 saturated carbocycles. The molecule has 0 fully saturated rings. The van der Waals surface area contributed by atoms with Gasteiger partial charge in [-0.1, -0.05) is 30.3 Å². The summed E-state index contributed by atoms with van der Waals surface area (Å²) in [5.74, 6) is 0. The molecule has 12 heavy (non-hydrogen) atoms. The fourth-order valence-corrected chi connectivity index (χ4v) is 1.10. The maximum absolute atomic E-state index is 8.13. The summed E-state index contributed by atoms with van der Waals surface area (Å²) in [6.07, 6.45) is 4.45. The molecule has 0 amide bonds. The summed E-state index contributed by atoms with van der Waals surface area (Å²) in [4.78, 5) is 0. The van der Waals surface area contributed by atoms with Crippen LogP contribution in [0, 0.1) is 0 Å². The van der Waals surface area contributed by atoms with Crippen LogP contribution in [0.1, 0.15) is 18.4 Å². The van der Waals surface area contributed by atoms with Crippen molar-refractivity contribution in [1.29, 1.82) is 0 Å². The van der Waals surface area contributed by atoms with Gasteiger partial charge in [-0.3, -0.25) is 0 Å². The molecule has 64 valence electrons. The lowest BCUT2D eigenvalue weighted by Crippen LogP contribution is -1.85. The molecular weight excluding hydrogens is 150 g/mol. The van der Waals surface area contributed by atoms with Crippen molar-refractivity contribution in [1.82, 2.24) is 0 Å². The minimum absolute atomic E-state index is 0.839. The molecule has 0 aliphatic heterocycles. The van der Waals surface area contributed by atoms with Crippen LogP contribution in [0.5, 0.6) is 0 Å². The van der Waals surface area contributed by atoms with Crippen LogP contribution in [0.3, 0.4) is 0 Å². The number of rotatable bonds is 4. The van der Waals surface area contributed by atoms with Crippen LogP contribution >= 0.6 is 0 Å². The van der Waals surface area contributed by atoms with E-state index in [4.69, 9.17) is 5.21 Å². The van der Waals surface area contributed by atoms with Crippen LogP contribution in [-0.2, 0) is 6.42 Å². The first-order valence-corrected chi connectivity index (χ1v) is 4.13. The van der Waals surface area contributed by atoms with Crippen molar-refractivity contribution in [2.45, 2.75) is 19.3 Å². The Labute approximate surface area is 72.5 Å². The van der Waals surface area contributed by atoms with Gasteiger partial charge in [0.05, 0.1) is 0 Å². The third-order valence-corrected chi connectivity index (χ3v) is 1.72. The summed E-state index contributed by atoms with van der Waals surface area (Å²) in [7, 11) is 0. The third-order valence-electron chi connectivity index (χ3n) is 1.72. The fourth-order valence-electron chi connectivity index (χ4n) is 1.10. The standard InChI is InChI=1S/C10H13NO/c12-11-9-5-4-8-10-6-2-1-3-7-10/h1-3,6-7,9,12H,4-5,8H2/b11-9-. The maximum atomic E-state index is 8.13. The summed E-state index contributed by atoms with van der Waals surface area (Å²) in [6, 6.07) is 10.3. The van der Waals surface area contributed by atoms with E-state index in [0.29, 0.717) is 0 Å². The number of nitrogens with zero attached hydrogens (tertiary/aromatic N) is 1. The second-order valence-electron chi connectivity index (χ2n) is 2.68. The monoisotopic (exact) mass is 163 g/mol. The molecule has 0 spiro atoms. The Balaban J connectivity index is 2.24. The smallest absolute Gasteiger partial charge is 0.0436 e. The molecule has 1 N–H and O–H groups in total. The molecule has 0 atom stereocenters. The molecular formula is C10H13NO. The zero-order chi connectivity index (χ0) is 8.65. The van der Waals surface area contributed by atoms with Crippen molar-refractivity contribution in [2.24, 2.45) is 5.16 Å². The molecule has 1 aromatic carbocycles. The van der Waals surface area contributed by atoms with E-state index in [1.165, 1.54) is 11.8 Å². The molecule has 0 aliphatic carbocycles. The second kappa shape index (κ2) is 5.35. The van der Waals surface area contributed by atoms with Crippen molar-refractivity contribution in [3.05, 3.63) is 35.9 Å². The summed E-state index contributed by atoms with van der Waals surface area (Å²) >= 11 is 0. The van der Waals surface area contributed by atoms with Gasteiger partial charge < -0.3 is 5.21 Å². The van der Waals surface area contributed by atoms with Gasteiger partial charge in [0.25, 0.3) is 0 Å². The highest BCUT2D eigenvalue weighted by molar-refractivity contribution is 5.55. The van der Waals surface area contributed by atoms with E-state index in [-0.39, 0.29) is 0 Å². The number of hydrogen-bond acceptors (Lipinski definition) is 2. The second-order valence-corrected chi connectivity index (χ2v) is 2.68. The normalized spacial score (nSPS) is 10.7. The molecule has 0 saturated heterocycles. The fraction of sp³-hybridized carbons (Fsp3) is 0.300. The number of aryl methyl sites for hydroxylation is 1. The number of unbranched alkanes of at least 4 members (excludes halogenated alkanes) is 1. The van der Waals surface area contributed by atoms with Gasteiger partial charge >= 0.3 is 0 Å². The Morgan fingerprint density at radius 3 is 2.67 bits per heavy atom. The highest BCUT2D eigenvalue weighted by Gasteiger charge is 1.89. The molecule has 0 bridgehead atoms. The maximum Gasteiger partial charge on any atom is 0.0436 e. The van der Waals surface area contributed by atoms with E-state index >= 15 is 0 Å². The van der Waals surface area contributed by atoms with Crippen LogP contribution in [0.15, 0.2) is 35.5 Å². The molecule has 0 aromatic heterocycles. The number of benzene rings is 1. The lowest BCUT2D eigenvalue weighted by Gasteiger charge is -1.96. The Kier molecular flexibility index (Phi) is 3.92. The van der Waals surface area contributed by atoms with Crippen molar-refractivity contribution in [3.63, 3.8) is 0 Å². The van der Waals surface area contributed by atoms with Crippen molar-refractivity contribution < 1.29 is 5.21 Å². The molecule has 0 radical (unpaired) electrons. The van der Waals surface area contributed by atoms with Crippen molar-refractivity contribution in [2.75, 3.05) is 0 Å². The Hall–Kier alpha value is -1.31. The van der Waals surface area contributed by atoms with Crippen molar-refractivity contribution >= 4 is 6.21 Å². The van der Waals surface area contributed by atoms with Gasteiger partial charge in [0.15, 0.2) is 0 Å².